The summed E-state index contributed by atoms with van der Waals surface area (Å²) in [5.74, 6) is 0.0473. The zero-order valence-electron chi connectivity index (χ0n) is 13.1. The van der Waals surface area contributed by atoms with Gasteiger partial charge in [0.25, 0.3) is 5.91 Å². The maximum Gasteiger partial charge on any atom is 0.252 e. The van der Waals surface area contributed by atoms with Gasteiger partial charge in [0.2, 0.25) is 5.91 Å². The summed E-state index contributed by atoms with van der Waals surface area (Å²) in [5.41, 5.74) is 9.12. The number of nitrogens with one attached hydrogen (secondary N) is 1. The van der Waals surface area contributed by atoms with Gasteiger partial charge in [0, 0.05) is 17.4 Å². The summed E-state index contributed by atoms with van der Waals surface area (Å²) in [7, 11) is 1.64. The Hall–Kier alpha value is -2.34. The number of hydrogen-bond donors (Lipinski definition) is 2. The summed E-state index contributed by atoms with van der Waals surface area (Å²) in [6.45, 7) is 1.42. The summed E-state index contributed by atoms with van der Waals surface area (Å²) in [5, 5.41) is 3.26. The molecule has 5 nitrogen and oxygen atoms in total. The normalized spacial score (nSPS) is 12.8. The molecule has 0 spiro atoms. The second-order valence-corrected chi connectivity index (χ2v) is 6.53. The van der Waals surface area contributed by atoms with E-state index >= 15 is 0 Å². The van der Waals surface area contributed by atoms with Gasteiger partial charge in [-0.05, 0) is 36.5 Å². The van der Waals surface area contributed by atoms with Gasteiger partial charge in [0.05, 0.1) is 12.7 Å². The number of benzene rings is 1. The fourth-order valence-corrected chi connectivity index (χ4v) is 4.47. The molecule has 0 fully saturated rings. The van der Waals surface area contributed by atoms with Crippen molar-refractivity contribution in [2.75, 3.05) is 12.4 Å². The van der Waals surface area contributed by atoms with Gasteiger partial charge in [-0.3, -0.25) is 9.59 Å². The molecule has 0 unspecified atom stereocenters. The fraction of sp³-hybridized carbons (Fsp3) is 0.294. The minimum atomic E-state index is -0.510. The van der Waals surface area contributed by atoms with E-state index in [-0.39, 0.29) is 5.91 Å². The van der Waals surface area contributed by atoms with Crippen molar-refractivity contribution in [1.82, 2.24) is 0 Å². The number of anilines is 1. The smallest absolute Gasteiger partial charge is 0.252 e. The third kappa shape index (κ3) is 2.70. The van der Waals surface area contributed by atoms with Gasteiger partial charge >= 0.3 is 0 Å². The van der Waals surface area contributed by atoms with Gasteiger partial charge < -0.3 is 15.8 Å². The van der Waals surface area contributed by atoms with Crippen LogP contribution in [0.25, 0.3) is 10.4 Å². The molecule has 1 aromatic heterocycles. The van der Waals surface area contributed by atoms with Crippen molar-refractivity contribution in [3.63, 3.8) is 0 Å². The highest BCUT2D eigenvalue weighted by atomic mass is 32.1. The van der Waals surface area contributed by atoms with Crippen molar-refractivity contribution in [2.24, 2.45) is 5.73 Å². The van der Waals surface area contributed by atoms with Gasteiger partial charge in [-0.25, -0.2) is 0 Å². The molecule has 0 radical (unpaired) electrons. The molecule has 3 N–H and O–H groups in total. The van der Waals surface area contributed by atoms with Crippen LogP contribution in [0.15, 0.2) is 18.2 Å². The molecule has 1 aliphatic carbocycles. The number of carbonyl (C=O) groups is 2. The van der Waals surface area contributed by atoms with Crippen LogP contribution in [-0.4, -0.2) is 18.9 Å². The van der Waals surface area contributed by atoms with Crippen LogP contribution in [0.5, 0.6) is 5.75 Å². The number of aryl methyl sites for hydroxylation is 1. The Bertz CT molecular complexity index is 795. The standard InChI is InChI=1S/C17H18N2O3S/c1-9(20)19-17-14(16(18)21)11-7-3-5-10-6-4-8-12(22-2)13(10)15(11)23-17/h4,6,8H,3,5,7H2,1-2H3,(H2,18,21)(H,19,20). The Balaban J connectivity index is 2.29. The predicted octanol–water partition coefficient (Wildman–Crippen LogP) is 2.97. The van der Waals surface area contributed by atoms with Crippen LogP contribution in [0.4, 0.5) is 5.00 Å². The van der Waals surface area contributed by atoms with Crippen LogP contribution in [0.2, 0.25) is 0 Å². The monoisotopic (exact) mass is 330 g/mol. The Morgan fingerprint density at radius 3 is 2.74 bits per heavy atom. The zero-order chi connectivity index (χ0) is 16.6. The minimum Gasteiger partial charge on any atom is -0.496 e. The summed E-state index contributed by atoms with van der Waals surface area (Å²) in [4.78, 5) is 24.4. The van der Waals surface area contributed by atoms with Crippen LogP contribution in [-0.2, 0) is 17.6 Å². The molecule has 2 aromatic rings. The lowest BCUT2D eigenvalue weighted by atomic mass is 10.0. The van der Waals surface area contributed by atoms with Crippen LogP contribution in [0.1, 0.15) is 34.8 Å². The molecule has 0 saturated heterocycles. The number of hydrogen-bond acceptors (Lipinski definition) is 4. The highest BCUT2D eigenvalue weighted by Gasteiger charge is 2.28. The summed E-state index contributed by atoms with van der Waals surface area (Å²) < 4.78 is 5.52. The number of ether oxygens (including phenoxy) is 1. The second-order valence-electron chi connectivity index (χ2n) is 5.51. The number of thiophene rings is 1. The first-order chi connectivity index (χ1) is 11.0. The first-order valence-electron chi connectivity index (χ1n) is 7.42. The quantitative estimate of drug-likeness (QED) is 0.908. The van der Waals surface area contributed by atoms with Crippen molar-refractivity contribution in [3.05, 3.63) is 34.9 Å². The van der Waals surface area contributed by atoms with Gasteiger partial charge in [0.15, 0.2) is 0 Å². The lowest BCUT2D eigenvalue weighted by molar-refractivity contribution is -0.114. The predicted molar refractivity (Wildman–Crippen MR) is 91.2 cm³/mol. The maximum atomic E-state index is 12.0. The van der Waals surface area contributed by atoms with Crippen molar-refractivity contribution in [1.29, 1.82) is 0 Å². The third-order valence-corrected chi connectivity index (χ3v) is 5.14. The number of carbonyl (C=O) groups excluding carboxylic acids is 2. The molecule has 120 valence electrons. The molecule has 1 aliphatic rings. The molecular weight excluding hydrogens is 312 g/mol. The number of primary amides is 1. The Kier molecular flexibility index (Phi) is 4.09. The second kappa shape index (κ2) is 6.04. The van der Waals surface area contributed by atoms with Crippen molar-refractivity contribution in [2.45, 2.75) is 26.2 Å². The summed E-state index contributed by atoms with van der Waals surface area (Å²) >= 11 is 1.39. The fourth-order valence-electron chi connectivity index (χ4n) is 3.08. The van der Waals surface area contributed by atoms with Crippen molar-refractivity contribution in [3.8, 4) is 16.2 Å². The highest BCUT2D eigenvalue weighted by molar-refractivity contribution is 7.20. The molecule has 23 heavy (non-hydrogen) atoms. The number of methoxy groups -OCH3 is 1. The number of fused-ring (bicyclic) bond motifs is 3. The topological polar surface area (TPSA) is 81.4 Å². The molecular formula is C17H18N2O3S. The van der Waals surface area contributed by atoms with Crippen LogP contribution >= 0.6 is 11.3 Å². The van der Waals surface area contributed by atoms with E-state index in [1.807, 2.05) is 12.1 Å². The van der Waals surface area contributed by atoms with E-state index in [0.29, 0.717) is 10.6 Å². The van der Waals surface area contributed by atoms with E-state index in [1.54, 1.807) is 7.11 Å². The highest BCUT2D eigenvalue weighted by Crippen LogP contribution is 2.47. The number of amides is 2. The van der Waals surface area contributed by atoms with E-state index in [2.05, 4.69) is 11.4 Å². The average Bonchev–Trinajstić information content (AvgIpc) is 2.74. The van der Waals surface area contributed by atoms with E-state index in [1.165, 1.54) is 23.8 Å². The molecule has 1 aromatic carbocycles. The lowest BCUT2D eigenvalue weighted by Crippen LogP contribution is -2.16. The SMILES string of the molecule is COc1cccc2c1-c1sc(NC(C)=O)c(C(N)=O)c1CCC2. The van der Waals surface area contributed by atoms with E-state index < -0.39 is 5.91 Å². The van der Waals surface area contributed by atoms with Gasteiger partial charge in [0.1, 0.15) is 10.8 Å². The molecule has 6 heteroatoms. The molecule has 0 atom stereocenters. The number of nitrogens with two attached hydrogens (primary N) is 1. The van der Waals surface area contributed by atoms with Gasteiger partial charge in [-0.1, -0.05) is 12.1 Å². The van der Waals surface area contributed by atoms with E-state index in [9.17, 15) is 9.59 Å². The van der Waals surface area contributed by atoms with Crippen molar-refractivity contribution >= 4 is 28.2 Å². The number of rotatable bonds is 3. The maximum absolute atomic E-state index is 12.0. The Labute approximate surface area is 138 Å². The molecule has 0 aliphatic heterocycles. The largest absolute Gasteiger partial charge is 0.496 e. The van der Waals surface area contributed by atoms with Crippen LogP contribution in [0.3, 0.4) is 0 Å². The molecule has 2 amide bonds. The third-order valence-electron chi connectivity index (χ3n) is 3.98. The minimum absolute atomic E-state index is 0.218. The molecule has 0 bridgehead atoms. The Morgan fingerprint density at radius 1 is 1.30 bits per heavy atom. The Morgan fingerprint density at radius 2 is 2.09 bits per heavy atom. The van der Waals surface area contributed by atoms with Crippen LogP contribution < -0.4 is 15.8 Å². The van der Waals surface area contributed by atoms with E-state index in [4.69, 9.17) is 10.5 Å². The van der Waals surface area contributed by atoms with Gasteiger partial charge in [-0.15, -0.1) is 11.3 Å². The summed E-state index contributed by atoms with van der Waals surface area (Å²) in [6.07, 6.45) is 2.59. The first kappa shape index (κ1) is 15.6. The van der Waals surface area contributed by atoms with E-state index in [0.717, 1.165) is 41.0 Å². The molecule has 1 heterocycles. The zero-order valence-corrected chi connectivity index (χ0v) is 13.9. The molecule has 3 rings (SSSR count). The van der Waals surface area contributed by atoms with Crippen LogP contribution in [0, 0.1) is 0 Å². The van der Waals surface area contributed by atoms with Crippen molar-refractivity contribution < 1.29 is 14.3 Å². The lowest BCUT2D eigenvalue weighted by Gasteiger charge is -2.11. The van der Waals surface area contributed by atoms with Gasteiger partial charge in [-0.2, -0.15) is 0 Å². The summed E-state index contributed by atoms with van der Waals surface area (Å²) in [6, 6.07) is 5.96. The first-order valence-corrected chi connectivity index (χ1v) is 8.24. The average molecular weight is 330 g/mol. The molecule has 0 saturated carbocycles.